The topological polar surface area (TPSA) is 73.2 Å². The maximum atomic E-state index is 14.2. The molecule has 1 aromatic heterocycles. The van der Waals surface area contributed by atoms with Crippen molar-refractivity contribution in [2.75, 3.05) is 46.0 Å². The molecule has 1 atom stereocenters. The first-order chi connectivity index (χ1) is 19.9. The molecule has 0 saturated carbocycles. The summed E-state index contributed by atoms with van der Waals surface area (Å²) in [4.78, 5) is 31.2. The predicted octanol–water partition coefficient (Wildman–Crippen LogP) is 4.90. The molecule has 1 fully saturated rings. The average Bonchev–Trinajstić information content (AvgIpc) is 3.27. The van der Waals surface area contributed by atoms with Crippen LogP contribution >= 0.6 is 0 Å². The highest BCUT2D eigenvalue weighted by Gasteiger charge is 2.46. The molecule has 8 heteroatoms. The summed E-state index contributed by atoms with van der Waals surface area (Å²) in [5.41, 5.74) is 2.42. The van der Waals surface area contributed by atoms with Crippen molar-refractivity contribution < 1.29 is 23.8 Å². The fourth-order valence-electron chi connectivity index (χ4n) is 5.97. The van der Waals surface area contributed by atoms with E-state index >= 15 is 0 Å². The first kappa shape index (κ1) is 29.0. The smallest absolute Gasteiger partial charge is 0.260 e. The van der Waals surface area contributed by atoms with Crippen molar-refractivity contribution in [1.29, 1.82) is 0 Å². The van der Waals surface area contributed by atoms with Crippen molar-refractivity contribution >= 4 is 22.7 Å². The van der Waals surface area contributed by atoms with Crippen LogP contribution in [0.1, 0.15) is 50.3 Å². The third-order valence-electron chi connectivity index (χ3n) is 8.48. The minimum atomic E-state index is -1.05. The Hall–Kier alpha value is -3.52. The Morgan fingerprint density at radius 1 is 1.07 bits per heavy atom. The van der Waals surface area contributed by atoms with Crippen molar-refractivity contribution in [2.45, 2.75) is 58.0 Å². The quantitative estimate of drug-likeness (QED) is 0.428. The van der Waals surface area contributed by atoms with Gasteiger partial charge in [0.2, 0.25) is 0 Å². The molecule has 1 unspecified atom stereocenters. The molecule has 2 amide bonds. The fraction of sp³-hybridized carbons (Fsp3) is 0.515. The minimum absolute atomic E-state index is 0.0354. The number of hydrogen-bond donors (Lipinski definition) is 0. The molecule has 0 aliphatic carbocycles. The van der Waals surface area contributed by atoms with Gasteiger partial charge in [0.1, 0.15) is 18.1 Å². The van der Waals surface area contributed by atoms with Crippen LogP contribution in [0.2, 0.25) is 0 Å². The monoisotopic (exact) mass is 561 g/mol. The van der Waals surface area contributed by atoms with Gasteiger partial charge in [0.25, 0.3) is 11.8 Å². The molecular formula is C33H43N3O5. The highest BCUT2D eigenvalue weighted by molar-refractivity contribution is 5.87. The maximum Gasteiger partial charge on any atom is 0.260 e. The number of benzene rings is 2. The molecule has 0 N–H and O–H groups in total. The third kappa shape index (κ3) is 6.53. The highest BCUT2D eigenvalue weighted by Crippen LogP contribution is 2.30. The second-order valence-corrected chi connectivity index (χ2v) is 11.3. The number of ether oxygens (including phenoxy) is 3. The molecule has 5 rings (SSSR count). The lowest BCUT2D eigenvalue weighted by molar-refractivity contribution is -0.177. The van der Waals surface area contributed by atoms with Crippen LogP contribution in [0.4, 0.5) is 0 Å². The number of amides is 2. The molecule has 1 spiro atoms. The summed E-state index contributed by atoms with van der Waals surface area (Å²) in [6.45, 7) is 6.67. The van der Waals surface area contributed by atoms with Gasteiger partial charge in [0.15, 0.2) is 12.2 Å². The molecule has 3 aromatic rings. The number of fused-ring (bicyclic) bond motifs is 2. The Labute approximate surface area is 243 Å². The number of aromatic nitrogens is 1. The zero-order chi connectivity index (χ0) is 28.8. The molecule has 0 bridgehead atoms. The summed E-state index contributed by atoms with van der Waals surface area (Å²) in [6.07, 6.45) is 5.06. The largest absolute Gasteiger partial charge is 0.491 e. The van der Waals surface area contributed by atoms with Crippen molar-refractivity contribution in [3.63, 3.8) is 0 Å². The second kappa shape index (κ2) is 13.0. The van der Waals surface area contributed by atoms with Gasteiger partial charge in [-0.3, -0.25) is 9.59 Å². The molecule has 220 valence electrons. The molecule has 2 aliphatic rings. The van der Waals surface area contributed by atoms with Gasteiger partial charge in [-0.1, -0.05) is 31.5 Å². The zero-order valence-electron chi connectivity index (χ0n) is 24.7. The first-order valence-electron chi connectivity index (χ1n) is 15.0. The summed E-state index contributed by atoms with van der Waals surface area (Å²) in [5, 5.41) is 1.08. The van der Waals surface area contributed by atoms with E-state index in [-0.39, 0.29) is 25.0 Å². The van der Waals surface area contributed by atoms with Gasteiger partial charge >= 0.3 is 0 Å². The van der Waals surface area contributed by atoms with Crippen LogP contribution < -0.4 is 9.47 Å². The minimum Gasteiger partial charge on any atom is -0.491 e. The number of unbranched alkanes of at least 4 members (excludes halogenated alkanes) is 1. The molecular weight excluding hydrogens is 518 g/mol. The van der Waals surface area contributed by atoms with Crippen LogP contribution in [0.5, 0.6) is 11.5 Å². The van der Waals surface area contributed by atoms with E-state index in [1.165, 1.54) is 5.56 Å². The van der Waals surface area contributed by atoms with Gasteiger partial charge in [0.05, 0.1) is 19.7 Å². The molecule has 1 saturated heterocycles. The van der Waals surface area contributed by atoms with Gasteiger partial charge < -0.3 is 28.6 Å². The van der Waals surface area contributed by atoms with Crippen LogP contribution in [0.3, 0.4) is 0 Å². The number of nitrogens with zero attached hydrogens (tertiary/aromatic N) is 3. The van der Waals surface area contributed by atoms with Gasteiger partial charge in [-0.25, -0.2) is 0 Å². The summed E-state index contributed by atoms with van der Waals surface area (Å²) >= 11 is 0. The molecule has 0 radical (unpaired) electrons. The second-order valence-electron chi connectivity index (χ2n) is 11.3. The van der Waals surface area contributed by atoms with E-state index in [9.17, 15) is 9.59 Å². The lowest BCUT2D eigenvalue weighted by Crippen LogP contribution is -2.62. The molecule has 3 heterocycles. The van der Waals surface area contributed by atoms with Gasteiger partial charge in [0, 0.05) is 36.7 Å². The van der Waals surface area contributed by atoms with Crippen LogP contribution in [-0.4, -0.2) is 77.8 Å². The number of rotatable bonds is 6. The summed E-state index contributed by atoms with van der Waals surface area (Å²) in [5.74, 6) is 1.39. The number of carbonyl (C=O) groups excluding carboxylic acids is 2. The zero-order valence-corrected chi connectivity index (χ0v) is 24.7. The molecule has 41 heavy (non-hydrogen) atoms. The Balaban J connectivity index is 1.30. The van der Waals surface area contributed by atoms with Crippen LogP contribution in [0.15, 0.2) is 48.5 Å². The van der Waals surface area contributed by atoms with Crippen LogP contribution in [-0.2, 0) is 27.8 Å². The molecule has 2 aromatic carbocycles. The number of aryl methyl sites for hydroxylation is 3. The Morgan fingerprint density at radius 3 is 2.78 bits per heavy atom. The van der Waals surface area contributed by atoms with E-state index in [2.05, 4.69) is 30.5 Å². The Morgan fingerprint density at radius 2 is 1.93 bits per heavy atom. The van der Waals surface area contributed by atoms with Crippen LogP contribution in [0, 0.1) is 6.92 Å². The fourth-order valence-corrected chi connectivity index (χ4v) is 5.97. The summed E-state index contributed by atoms with van der Waals surface area (Å²) < 4.78 is 20.6. The number of hydrogen-bond acceptors (Lipinski definition) is 5. The predicted molar refractivity (Wildman–Crippen MR) is 159 cm³/mol. The molecule has 8 nitrogen and oxygen atoms in total. The first-order valence-corrected chi connectivity index (χ1v) is 15.0. The average molecular weight is 562 g/mol. The van der Waals surface area contributed by atoms with Gasteiger partial charge in [-0.2, -0.15) is 0 Å². The van der Waals surface area contributed by atoms with E-state index in [0.29, 0.717) is 45.0 Å². The summed E-state index contributed by atoms with van der Waals surface area (Å²) in [7, 11) is 2.04. The number of carbonyl (C=O) groups is 2. The van der Waals surface area contributed by atoms with E-state index in [0.717, 1.165) is 54.5 Å². The van der Waals surface area contributed by atoms with Crippen molar-refractivity contribution in [2.24, 2.45) is 7.05 Å². The van der Waals surface area contributed by atoms with Crippen molar-refractivity contribution in [1.82, 2.24) is 14.4 Å². The van der Waals surface area contributed by atoms with Gasteiger partial charge in [-0.15, -0.1) is 0 Å². The highest BCUT2D eigenvalue weighted by atomic mass is 16.5. The lowest BCUT2D eigenvalue weighted by Gasteiger charge is -2.44. The van der Waals surface area contributed by atoms with Crippen LogP contribution in [0.25, 0.3) is 10.9 Å². The summed E-state index contributed by atoms with van der Waals surface area (Å²) in [6, 6.07) is 16.2. The van der Waals surface area contributed by atoms with Crippen molar-refractivity contribution in [3.8, 4) is 11.5 Å². The number of para-hydroxylation sites is 1. The Bertz CT molecular complexity index is 1370. The van der Waals surface area contributed by atoms with Gasteiger partial charge in [-0.05, 0) is 74.9 Å². The van der Waals surface area contributed by atoms with E-state index in [4.69, 9.17) is 14.2 Å². The normalized spacial score (nSPS) is 20.3. The maximum absolute atomic E-state index is 14.2. The third-order valence-corrected chi connectivity index (χ3v) is 8.48. The standard InChI is InChI=1S/C33H43N3O5/c1-4-5-16-35-17-19-39-30-12-7-6-10-26(30)11-8-9-15-33(32(35)38)24-36(18-20-41-33)31(37)23-40-28-13-14-29-27(22-28)21-25(2)34(29)3/h6-7,10,12-14,21-22H,4-5,8-9,11,15-20,23-24H2,1-3H3. The van der Waals surface area contributed by atoms with E-state index in [1.54, 1.807) is 4.90 Å². The SMILES string of the molecule is CCCCN1CCOc2ccccc2CCCCC2(CN(C(=O)COc3ccc4c(c3)cc(C)n4C)CCO2)C1=O. The lowest BCUT2D eigenvalue weighted by atomic mass is 9.90. The molecule has 2 aliphatic heterocycles. The number of morpholine rings is 1. The van der Waals surface area contributed by atoms with E-state index < -0.39 is 5.60 Å². The Kier molecular flexibility index (Phi) is 9.18. The van der Waals surface area contributed by atoms with E-state index in [1.807, 2.05) is 48.3 Å². The van der Waals surface area contributed by atoms with Crippen molar-refractivity contribution in [3.05, 3.63) is 59.8 Å².